The van der Waals surface area contributed by atoms with Gasteiger partial charge in [-0.15, -0.1) is 0 Å². The van der Waals surface area contributed by atoms with Crippen LogP contribution >= 0.6 is 0 Å². The fourth-order valence-corrected chi connectivity index (χ4v) is 5.77. The normalized spacial score (nSPS) is 11.7. The summed E-state index contributed by atoms with van der Waals surface area (Å²) in [5.74, 6) is -0.0216. The number of carbonyl (C=O) groups is 1. The van der Waals surface area contributed by atoms with Gasteiger partial charge in [-0.2, -0.15) is 0 Å². The molecular formula is C24H51NO4Si. The van der Waals surface area contributed by atoms with Gasteiger partial charge < -0.3 is 18.3 Å². The molecule has 0 fully saturated rings. The van der Waals surface area contributed by atoms with Gasteiger partial charge in [0.05, 0.1) is 0 Å². The molecule has 0 unspecified atom stereocenters. The summed E-state index contributed by atoms with van der Waals surface area (Å²) in [7, 11) is -3.07. The molecule has 6 heteroatoms. The van der Waals surface area contributed by atoms with E-state index in [4.69, 9.17) is 13.3 Å². The van der Waals surface area contributed by atoms with E-state index in [2.05, 4.69) is 11.9 Å². The second-order valence-corrected chi connectivity index (χ2v) is 10.3. The number of nitrogens with one attached hydrogen (secondary N) is 1. The van der Waals surface area contributed by atoms with Gasteiger partial charge in [0.2, 0.25) is 5.91 Å². The van der Waals surface area contributed by atoms with Gasteiger partial charge in [-0.05, 0) is 27.2 Å². The van der Waals surface area contributed by atoms with Crippen molar-refractivity contribution in [2.24, 2.45) is 0 Å². The fourth-order valence-electron chi connectivity index (χ4n) is 3.69. The molecule has 1 N–H and O–H groups in total. The lowest BCUT2D eigenvalue weighted by atomic mass is 10.0. The van der Waals surface area contributed by atoms with Gasteiger partial charge in [0.15, 0.2) is 0 Å². The largest absolute Gasteiger partial charge is 0.633 e. The third-order valence-electron chi connectivity index (χ3n) is 5.30. The predicted molar refractivity (Wildman–Crippen MR) is 128 cm³/mol. The first-order valence-electron chi connectivity index (χ1n) is 12.9. The van der Waals surface area contributed by atoms with E-state index < -0.39 is 8.97 Å². The molecule has 0 aromatic heterocycles. The van der Waals surface area contributed by atoms with Crippen molar-refractivity contribution in [2.45, 2.75) is 130 Å². The molecule has 0 aliphatic rings. The van der Waals surface area contributed by atoms with Gasteiger partial charge >= 0.3 is 8.97 Å². The van der Waals surface area contributed by atoms with Crippen LogP contribution < -0.4 is 4.98 Å². The Labute approximate surface area is 188 Å². The number of unbranched alkanes of at least 4 members (excludes halogenated alkanes) is 14. The standard InChI is InChI=1S/C24H51NO4Si/c1-5-9-10-11-12-13-14-15-16-17-18-19-20-21-22-23-24(26)25-30(27-6-2,28-7-3)29-8-4/h5-23H2,1-4H3,(H,25,26). The zero-order chi connectivity index (χ0) is 22.3. The molecule has 5 nitrogen and oxygen atoms in total. The lowest BCUT2D eigenvalue weighted by molar-refractivity contribution is -0.121. The van der Waals surface area contributed by atoms with E-state index in [9.17, 15) is 4.79 Å². The molecule has 0 saturated carbocycles. The van der Waals surface area contributed by atoms with E-state index in [1.165, 1.54) is 83.5 Å². The van der Waals surface area contributed by atoms with Gasteiger partial charge in [0.25, 0.3) is 0 Å². The Kier molecular flexibility index (Phi) is 21.5. The molecule has 0 aromatic carbocycles. The molecule has 0 aliphatic carbocycles. The smallest absolute Gasteiger partial charge is 0.357 e. The minimum Gasteiger partial charge on any atom is -0.357 e. The molecule has 0 rings (SSSR count). The highest BCUT2D eigenvalue weighted by molar-refractivity contribution is 6.60. The van der Waals surface area contributed by atoms with Crippen LogP contribution in [-0.4, -0.2) is 34.7 Å². The summed E-state index contributed by atoms with van der Waals surface area (Å²) in [4.78, 5) is 15.2. The van der Waals surface area contributed by atoms with E-state index in [1.54, 1.807) is 0 Å². The first-order valence-corrected chi connectivity index (χ1v) is 14.6. The summed E-state index contributed by atoms with van der Waals surface area (Å²) in [5.41, 5.74) is 0. The maximum absolute atomic E-state index is 12.3. The Hall–Kier alpha value is -0.433. The minimum absolute atomic E-state index is 0.0216. The summed E-state index contributed by atoms with van der Waals surface area (Å²) in [6.45, 7) is 9.34. The van der Waals surface area contributed by atoms with E-state index in [1.807, 2.05) is 20.8 Å². The molecule has 0 bridgehead atoms. The van der Waals surface area contributed by atoms with Crippen molar-refractivity contribution in [3.8, 4) is 0 Å². The van der Waals surface area contributed by atoms with Crippen molar-refractivity contribution >= 4 is 14.9 Å². The summed E-state index contributed by atoms with van der Waals surface area (Å²) in [6.07, 6.45) is 20.4. The first kappa shape index (κ1) is 29.6. The van der Waals surface area contributed by atoms with Crippen molar-refractivity contribution in [3.05, 3.63) is 0 Å². The van der Waals surface area contributed by atoms with E-state index in [0.29, 0.717) is 26.2 Å². The first-order chi connectivity index (χ1) is 14.6. The van der Waals surface area contributed by atoms with Gasteiger partial charge in [0.1, 0.15) is 0 Å². The van der Waals surface area contributed by atoms with Crippen LogP contribution in [0.3, 0.4) is 0 Å². The number of hydrogen-bond donors (Lipinski definition) is 1. The molecule has 0 radical (unpaired) electrons. The Morgan fingerprint density at radius 3 is 1.23 bits per heavy atom. The lowest BCUT2D eigenvalue weighted by Crippen LogP contribution is -2.61. The minimum atomic E-state index is -3.07. The maximum atomic E-state index is 12.3. The summed E-state index contributed by atoms with van der Waals surface area (Å²) < 4.78 is 17.0. The average Bonchev–Trinajstić information content (AvgIpc) is 2.71. The Balaban J connectivity index is 3.61. The summed E-state index contributed by atoms with van der Waals surface area (Å²) >= 11 is 0. The Morgan fingerprint density at radius 1 is 0.567 bits per heavy atom. The van der Waals surface area contributed by atoms with Crippen LogP contribution in [0.4, 0.5) is 0 Å². The van der Waals surface area contributed by atoms with Gasteiger partial charge in [0, 0.05) is 26.2 Å². The van der Waals surface area contributed by atoms with E-state index in [-0.39, 0.29) is 5.91 Å². The van der Waals surface area contributed by atoms with Gasteiger partial charge in [-0.25, -0.2) is 0 Å². The molecule has 1 amide bonds. The second-order valence-electron chi connectivity index (χ2n) is 8.10. The van der Waals surface area contributed by atoms with Crippen molar-refractivity contribution in [1.29, 1.82) is 0 Å². The van der Waals surface area contributed by atoms with E-state index >= 15 is 0 Å². The lowest BCUT2D eigenvalue weighted by Gasteiger charge is -2.27. The van der Waals surface area contributed by atoms with Crippen LogP contribution in [0.2, 0.25) is 0 Å². The molecule has 0 saturated heterocycles. The molecule has 180 valence electrons. The highest BCUT2D eigenvalue weighted by atomic mass is 28.4. The Bertz CT molecular complexity index is 365. The Morgan fingerprint density at radius 2 is 0.900 bits per heavy atom. The predicted octanol–water partition coefficient (Wildman–Crippen LogP) is 6.91. The number of carbonyl (C=O) groups excluding carboxylic acids is 1. The second kappa shape index (κ2) is 21.8. The van der Waals surface area contributed by atoms with Crippen LogP contribution in [-0.2, 0) is 18.1 Å². The zero-order valence-electron chi connectivity index (χ0n) is 20.6. The zero-order valence-corrected chi connectivity index (χ0v) is 21.6. The summed E-state index contributed by atoms with van der Waals surface area (Å²) in [5, 5.41) is 0. The third-order valence-corrected chi connectivity index (χ3v) is 7.89. The molecule has 0 aliphatic heterocycles. The van der Waals surface area contributed by atoms with Crippen molar-refractivity contribution in [3.63, 3.8) is 0 Å². The number of hydrogen-bond acceptors (Lipinski definition) is 4. The van der Waals surface area contributed by atoms with Crippen LogP contribution in [0.5, 0.6) is 0 Å². The van der Waals surface area contributed by atoms with Crippen LogP contribution in [0, 0.1) is 0 Å². The molecule has 0 spiro atoms. The van der Waals surface area contributed by atoms with E-state index in [0.717, 1.165) is 12.8 Å². The molecule has 0 atom stereocenters. The summed E-state index contributed by atoms with van der Waals surface area (Å²) in [6, 6.07) is 0. The van der Waals surface area contributed by atoms with Gasteiger partial charge in [-0.1, -0.05) is 96.8 Å². The molecule has 0 heterocycles. The fraction of sp³-hybridized carbons (Fsp3) is 0.958. The number of rotatable bonds is 23. The van der Waals surface area contributed by atoms with Crippen LogP contribution in [0.1, 0.15) is 130 Å². The average molecular weight is 446 g/mol. The molecular weight excluding hydrogens is 394 g/mol. The van der Waals surface area contributed by atoms with Crippen molar-refractivity contribution in [1.82, 2.24) is 4.98 Å². The third kappa shape index (κ3) is 17.3. The van der Waals surface area contributed by atoms with Crippen LogP contribution in [0.15, 0.2) is 0 Å². The highest BCUT2D eigenvalue weighted by Crippen LogP contribution is 2.14. The molecule has 0 aromatic rings. The maximum Gasteiger partial charge on any atom is 0.633 e. The quantitative estimate of drug-likeness (QED) is 0.137. The monoisotopic (exact) mass is 445 g/mol. The van der Waals surface area contributed by atoms with Crippen molar-refractivity contribution in [2.75, 3.05) is 19.8 Å². The number of amides is 1. The topological polar surface area (TPSA) is 56.8 Å². The highest BCUT2D eigenvalue weighted by Gasteiger charge is 2.44. The van der Waals surface area contributed by atoms with Gasteiger partial charge in [-0.3, -0.25) is 4.79 Å². The van der Waals surface area contributed by atoms with Crippen molar-refractivity contribution < 1.29 is 18.1 Å². The molecule has 30 heavy (non-hydrogen) atoms. The SMILES string of the molecule is CCCCCCCCCCCCCCCCCC(=O)N[Si](OCC)(OCC)OCC. The van der Waals surface area contributed by atoms with Crippen LogP contribution in [0.25, 0.3) is 0 Å².